The third-order valence-corrected chi connectivity index (χ3v) is 2.71. The van der Waals surface area contributed by atoms with E-state index in [0.29, 0.717) is 12.5 Å². The first-order chi connectivity index (χ1) is 10.2. The van der Waals surface area contributed by atoms with Crippen LogP contribution in [0.1, 0.15) is 27.2 Å². The van der Waals surface area contributed by atoms with E-state index in [0.717, 1.165) is 45.2 Å². The van der Waals surface area contributed by atoms with E-state index in [2.05, 4.69) is 41.5 Å². The largest absolute Gasteiger partial charge is 0.379 e. The SMILES string of the molecule is CCNC(=NCCCn1cccn1)NCCOCC(C)C.I. The molecule has 0 aliphatic rings. The number of nitrogens with zero attached hydrogens (tertiary/aromatic N) is 3. The van der Waals surface area contributed by atoms with E-state index in [1.54, 1.807) is 6.20 Å². The zero-order valence-corrected chi connectivity index (χ0v) is 16.2. The summed E-state index contributed by atoms with van der Waals surface area (Å²) in [6.07, 6.45) is 4.74. The zero-order valence-electron chi connectivity index (χ0n) is 13.9. The van der Waals surface area contributed by atoms with Gasteiger partial charge in [0.2, 0.25) is 0 Å². The normalized spacial score (nSPS) is 11.4. The minimum absolute atomic E-state index is 0. The van der Waals surface area contributed by atoms with Crippen LogP contribution in [0.2, 0.25) is 0 Å². The molecular weight excluding hydrogens is 393 g/mol. The lowest BCUT2D eigenvalue weighted by Crippen LogP contribution is -2.39. The number of guanidine groups is 1. The lowest BCUT2D eigenvalue weighted by Gasteiger charge is -2.12. The van der Waals surface area contributed by atoms with Gasteiger partial charge in [0, 0.05) is 45.2 Å². The van der Waals surface area contributed by atoms with Crippen LogP contribution < -0.4 is 10.6 Å². The number of ether oxygens (including phenoxy) is 1. The summed E-state index contributed by atoms with van der Waals surface area (Å²) in [4.78, 5) is 4.54. The summed E-state index contributed by atoms with van der Waals surface area (Å²) < 4.78 is 7.47. The Hall–Kier alpha value is -0.830. The molecule has 0 saturated carbocycles. The third kappa shape index (κ3) is 10.8. The highest BCUT2D eigenvalue weighted by Crippen LogP contribution is 1.92. The number of aliphatic imine (C=N–C) groups is 1. The van der Waals surface area contributed by atoms with Gasteiger partial charge in [0.05, 0.1) is 6.61 Å². The van der Waals surface area contributed by atoms with Crippen molar-refractivity contribution in [2.24, 2.45) is 10.9 Å². The molecule has 0 saturated heterocycles. The minimum Gasteiger partial charge on any atom is -0.379 e. The molecule has 22 heavy (non-hydrogen) atoms. The van der Waals surface area contributed by atoms with Crippen LogP contribution in [0.25, 0.3) is 0 Å². The molecule has 0 atom stereocenters. The van der Waals surface area contributed by atoms with Gasteiger partial charge in [0.15, 0.2) is 5.96 Å². The number of aromatic nitrogens is 2. The van der Waals surface area contributed by atoms with Gasteiger partial charge >= 0.3 is 0 Å². The van der Waals surface area contributed by atoms with Crippen LogP contribution in [0, 0.1) is 5.92 Å². The van der Waals surface area contributed by atoms with Crippen molar-refractivity contribution >= 4 is 29.9 Å². The maximum absolute atomic E-state index is 5.54. The molecule has 2 N–H and O–H groups in total. The Labute approximate surface area is 151 Å². The fourth-order valence-corrected chi connectivity index (χ4v) is 1.76. The van der Waals surface area contributed by atoms with Crippen molar-refractivity contribution in [3.05, 3.63) is 18.5 Å². The average Bonchev–Trinajstić information content (AvgIpc) is 2.96. The van der Waals surface area contributed by atoms with E-state index < -0.39 is 0 Å². The third-order valence-electron chi connectivity index (χ3n) is 2.71. The van der Waals surface area contributed by atoms with Crippen molar-refractivity contribution in [1.82, 2.24) is 20.4 Å². The Bertz CT molecular complexity index is 381. The number of rotatable bonds is 10. The fraction of sp³-hybridized carbons (Fsp3) is 0.733. The summed E-state index contributed by atoms with van der Waals surface area (Å²) in [5.74, 6) is 1.43. The zero-order chi connectivity index (χ0) is 15.3. The Kier molecular flexibility index (Phi) is 13.3. The second kappa shape index (κ2) is 13.8. The van der Waals surface area contributed by atoms with Crippen LogP contribution in [-0.2, 0) is 11.3 Å². The Morgan fingerprint density at radius 2 is 2.18 bits per heavy atom. The minimum atomic E-state index is 0. The number of nitrogens with one attached hydrogen (secondary N) is 2. The van der Waals surface area contributed by atoms with Crippen molar-refractivity contribution in [2.45, 2.75) is 33.7 Å². The maximum atomic E-state index is 5.54. The number of halogens is 1. The standard InChI is InChI=1S/C15H29N5O.HI/c1-4-16-15(18-9-12-21-13-14(2)3)17-7-5-10-20-11-6-8-19-20;/h6,8,11,14H,4-5,7,9-10,12-13H2,1-3H3,(H2,16,17,18);1H. The molecule has 1 aromatic heterocycles. The maximum Gasteiger partial charge on any atom is 0.191 e. The molecule has 0 radical (unpaired) electrons. The summed E-state index contributed by atoms with van der Waals surface area (Å²) in [5.41, 5.74) is 0. The van der Waals surface area contributed by atoms with E-state index >= 15 is 0 Å². The van der Waals surface area contributed by atoms with Crippen molar-refractivity contribution in [2.75, 3.05) is 32.8 Å². The summed E-state index contributed by atoms with van der Waals surface area (Å²) >= 11 is 0. The van der Waals surface area contributed by atoms with Crippen molar-refractivity contribution in [3.8, 4) is 0 Å². The number of aryl methyl sites for hydroxylation is 1. The summed E-state index contributed by atoms with van der Waals surface area (Å²) in [6.45, 7) is 11.2. The first-order valence-electron chi connectivity index (χ1n) is 7.79. The van der Waals surface area contributed by atoms with Gasteiger partial charge in [-0.25, -0.2) is 0 Å². The first-order valence-corrected chi connectivity index (χ1v) is 7.79. The van der Waals surface area contributed by atoms with Crippen LogP contribution in [0.5, 0.6) is 0 Å². The predicted molar refractivity (Wildman–Crippen MR) is 102 cm³/mol. The first kappa shape index (κ1) is 21.2. The number of hydrogen-bond donors (Lipinski definition) is 2. The molecule has 1 aromatic rings. The molecule has 0 aromatic carbocycles. The van der Waals surface area contributed by atoms with Crippen LogP contribution in [0.3, 0.4) is 0 Å². The molecule has 6 nitrogen and oxygen atoms in total. The van der Waals surface area contributed by atoms with Gasteiger partial charge in [-0.2, -0.15) is 5.10 Å². The van der Waals surface area contributed by atoms with Crippen molar-refractivity contribution < 1.29 is 4.74 Å². The van der Waals surface area contributed by atoms with E-state index in [9.17, 15) is 0 Å². The molecule has 0 aliphatic heterocycles. The van der Waals surface area contributed by atoms with Gasteiger partial charge in [-0.1, -0.05) is 13.8 Å². The molecule has 0 fully saturated rings. The molecule has 128 valence electrons. The van der Waals surface area contributed by atoms with Gasteiger partial charge < -0.3 is 15.4 Å². The number of hydrogen-bond acceptors (Lipinski definition) is 3. The monoisotopic (exact) mass is 423 g/mol. The molecular formula is C15H30IN5O. The quantitative estimate of drug-likeness (QED) is 0.262. The highest BCUT2D eigenvalue weighted by molar-refractivity contribution is 14.0. The summed E-state index contributed by atoms with van der Waals surface area (Å²) in [6, 6.07) is 1.94. The van der Waals surface area contributed by atoms with Gasteiger partial charge in [0.25, 0.3) is 0 Å². The van der Waals surface area contributed by atoms with E-state index in [1.165, 1.54) is 0 Å². The molecule has 0 unspecified atom stereocenters. The van der Waals surface area contributed by atoms with Crippen LogP contribution in [0.4, 0.5) is 0 Å². The second-order valence-electron chi connectivity index (χ2n) is 5.28. The van der Waals surface area contributed by atoms with Gasteiger partial charge in [0.1, 0.15) is 0 Å². The fourth-order valence-electron chi connectivity index (χ4n) is 1.76. The molecule has 1 heterocycles. The van der Waals surface area contributed by atoms with Gasteiger partial charge in [-0.3, -0.25) is 9.67 Å². The lowest BCUT2D eigenvalue weighted by molar-refractivity contribution is 0.114. The Morgan fingerprint density at radius 3 is 2.82 bits per heavy atom. The predicted octanol–water partition coefficient (Wildman–Crippen LogP) is 2.12. The summed E-state index contributed by atoms with van der Waals surface area (Å²) in [7, 11) is 0. The smallest absolute Gasteiger partial charge is 0.191 e. The molecule has 0 spiro atoms. The van der Waals surface area contributed by atoms with Crippen LogP contribution in [-0.4, -0.2) is 48.6 Å². The summed E-state index contributed by atoms with van der Waals surface area (Å²) in [5, 5.41) is 10.7. The Morgan fingerprint density at radius 1 is 1.36 bits per heavy atom. The Balaban J connectivity index is 0.00000441. The molecule has 7 heteroatoms. The molecule has 0 bridgehead atoms. The van der Waals surface area contributed by atoms with Gasteiger partial charge in [-0.05, 0) is 25.3 Å². The molecule has 0 aliphatic carbocycles. The van der Waals surface area contributed by atoms with Crippen LogP contribution in [0.15, 0.2) is 23.5 Å². The lowest BCUT2D eigenvalue weighted by atomic mass is 10.2. The molecule has 1 rings (SSSR count). The van der Waals surface area contributed by atoms with E-state index in [1.807, 2.05) is 16.9 Å². The van der Waals surface area contributed by atoms with E-state index in [4.69, 9.17) is 4.74 Å². The van der Waals surface area contributed by atoms with E-state index in [-0.39, 0.29) is 24.0 Å². The second-order valence-corrected chi connectivity index (χ2v) is 5.28. The van der Waals surface area contributed by atoms with Gasteiger partial charge in [-0.15, -0.1) is 24.0 Å². The molecule has 0 amide bonds. The highest BCUT2D eigenvalue weighted by atomic mass is 127. The highest BCUT2D eigenvalue weighted by Gasteiger charge is 1.98. The van der Waals surface area contributed by atoms with Crippen molar-refractivity contribution in [1.29, 1.82) is 0 Å². The average molecular weight is 423 g/mol. The van der Waals surface area contributed by atoms with Crippen LogP contribution >= 0.6 is 24.0 Å². The van der Waals surface area contributed by atoms with Crippen molar-refractivity contribution in [3.63, 3.8) is 0 Å². The topological polar surface area (TPSA) is 63.5 Å².